The first-order valence-electron chi connectivity index (χ1n) is 8.59. The fraction of sp³-hybridized carbons (Fsp3) is 0.200. The van der Waals surface area contributed by atoms with Crippen LogP contribution in [0.25, 0.3) is 22.0 Å². The molecule has 0 saturated carbocycles. The zero-order valence-electron chi connectivity index (χ0n) is 14.5. The topological polar surface area (TPSA) is 78.5 Å². The summed E-state index contributed by atoms with van der Waals surface area (Å²) in [7, 11) is 0. The molecular weight excluding hydrogens is 366 g/mol. The van der Waals surface area contributed by atoms with Gasteiger partial charge in [-0.1, -0.05) is 24.2 Å². The van der Waals surface area contributed by atoms with E-state index in [1.807, 2.05) is 12.1 Å². The van der Waals surface area contributed by atoms with Gasteiger partial charge in [0.05, 0.1) is 28.7 Å². The van der Waals surface area contributed by atoms with Gasteiger partial charge < -0.3 is 14.7 Å². The van der Waals surface area contributed by atoms with Gasteiger partial charge >= 0.3 is 0 Å². The van der Waals surface area contributed by atoms with Gasteiger partial charge in [0.1, 0.15) is 17.6 Å². The molecule has 27 heavy (non-hydrogen) atoms. The van der Waals surface area contributed by atoms with E-state index in [0.717, 1.165) is 28.5 Å². The van der Waals surface area contributed by atoms with Gasteiger partial charge in [-0.2, -0.15) is 5.10 Å². The number of H-pyrrole nitrogens is 1. The third kappa shape index (κ3) is 3.36. The molecule has 1 aromatic heterocycles. The van der Waals surface area contributed by atoms with Crippen LogP contribution in [0.5, 0.6) is 11.5 Å². The standard InChI is InChI=1S/C20H18ClN3O3/c1-2-20(26)24-6-5-14(11-24)27-19-9-13(8-17-15(19)10-22-23-17)12-3-4-18(25)16(21)7-12/h2-4,7-10,14,25H,1,5-6,11H2,(H,22,23)/t14-/m0/s1. The fourth-order valence-corrected chi connectivity index (χ4v) is 3.48. The number of rotatable bonds is 4. The van der Waals surface area contributed by atoms with E-state index in [-0.39, 0.29) is 22.8 Å². The molecular formula is C20H18ClN3O3. The summed E-state index contributed by atoms with van der Waals surface area (Å²) < 4.78 is 6.22. The molecule has 1 saturated heterocycles. The first-order valence-corrected chi connectivity index (χ1v) is 8.97. The van der Waals surface area contributed by atoms with E-state index in [4.69, 9.17) is 16.3 Å². The lowest BCUT2D eigenvalue weighted by atomic mass is 10.0. The lowest BCUT2D eigenvalue weighted by Gasteiger charge is -2.17. The van der Waals surface area contributed by atoms with Crippen LogP contribution in [0.3, 0.4) is 0 Å². The predicted molar refractivity (Wildman–Crippen MR) is 104 cm³/mol. The van der Waals surface area contributed by atoms with E-state index in [1.165, 1.54) is 6.08 Å². The molecule has 4 rings (SSSR count). The second-order valence-corrected chi connectivity index (χ2v) is 6.90. The monoisotopic (exact) mass is 383 g/mol. The molecule has 3 aromatic rings. The number of aromatic nitrogens is 2. The van der Waals surface area contributed by atoms with Crippen molar-refractivity contribution in [2.45, 2.75) is 12.5 Å². The highest BCUT2D eigenvalue weighted by Gasteiger charge is 2.27. The molecule has 2 N–H and O–H groups in total. The summed E-state index contributed by atoms with van der Waals surface area (Å²) >= 11 is 6.05. The number of nitrogens with zero attached hydrogens (tertiary/aromatic N) is 2. The minimum Gasteiger partial charge on any atom is -0.506 e. The Kier molecular flexibility index (Phi) is 4.49. The van der Waals surface area contributed by atoms with Crippen molar-refractivity contribution in [3.63, 3.8) is 0 Å². The molecule has 0 bridgehead atoms. The van der Waals surface area contributed by atoms with E-state index in [9.17, 15) is 9.90 Å². The molecule has 7 heteroatoms. The Morgan fingerprint density at radius 2 is 2.22 bits per heavy atom. The number of halogens is 1. The summed E-state index contributed by atoms with van der Waals surface area (Å²) in [6.45, 7) is 4.71. The summed E-state index contributed by atoms with van der Waals surface area (Å²) in [5, 5.41) is 17.9. The predicted octanol–water partition coefficient (Wildman–Crippen LogP) is 3.75. The van der Waals surface area contributed by atoms with Crippen molar-refractivity contribution >= 4 is 28.4 Å². The maximum atomic E-state index is 11.8. The Balaban J connectivity index is 1.66. The maximum absolute atomic E-state index is 11.8. The van der Waals surface area contributed by atoms with Crippen molar-refractivity contribution in [1.29, 1.82) is 0 Å². The Morgan fingerprint density at radius 3 is 3.00 bits per heavy atom. The van der Waals surface area contributed by atoms with Crippen LogP contribution >= 0.6 is 11.6 Å². The van der Waals surface area contributed by atoms with Gasteiger partial charge in [0.25, 0.3) is 0 Å². The van der Waals surface area contributed by atoms with E-state index in [2.05, 4.69) is 16.8 Å². The molecule has 2 heterocycles. The molecule has 2 aromatic carbocycles. The number of amides is 1. The molecule has 6 nitrogen and oxygen atoms in total. The number of phenolic OH excluding ortho intramolecular Hbond substituents is 1. The largest absolute Gasteiger partial charge is 0.506 e. The number of aromatic hydroxyl groups is 1. The molecule has 0 unspecified atom stereocenters. The van der Waals surface area contributed by atoms with E-state index in [1.54, 1.807) is 29.3 Å². The van der Waals surface area contributed by atoms with Crippen molar-refractivity contribution in [1.82, 2.24) is 15.1 Å². The Labute approximate surface area is 161 Å². The van der Waals surface area contributed by atoms with Gasteiger partial charge in [-0.3, -0.25) is 9.89 Å². The SMILES string of the molecule is C=CC(=O)N1CC[C@H](Oc2cc(-c3ccc(O)c(Cl)c3)cc3[nH]ncc23)C1. The van der Waals surface area contributed by atoms with E-state index in [0.29, 0.717) is 18.8 Å². The molecule has 1 fully saturated rings. The molecule has 0 spiro atoms. The minimum absolute atomic E-state index is 0.0393. The highest BCUT2D eigenvalue weighted by atomic mass is 35.5. The number of hydrogen-bond acceptors (Lipinski definition) is 4. The van der Waals surface area contributed by atoms with Crippen molar-refractivity contribution in [2.24, 2.45) is 0 Å². The smallest absolute Gasteiger partial charge is 0.246 e. The van der Waals surface area contributed by atoms with Crippen molar-refractivity contribution in [3.05, 3.63) is 54.2 Å². The molecule has 1 aliphatic rings. The van der Waals surface area contributed by atoms with Crippen LogP contribution in [0.1, 0.15) is 6.42 Å². The van der Waals surface area contributed by atoms with Crippen molar-refractivity contribution in [3.8, 4) is 22.6 Å². The number of hydrogen-bond donors (Lipinski definition) is 2. The first-order chi connectivity index (χ1) is 13.0. The molecule has 0 aliphatic carbocycles. The number of carbonyl (C=O) groups is 1. The Morgan fingerprint density at radius 1 is 1.37 bits per heavy atom. The van der Waals surface area contributed by atoms with Gasteiger partial charge in [-0.15, -0.1) is 0 Å². The number of ether oxygens (including phenoxy) is 1. The second kappa shape index (κ2) is 6.96. The highest BCUT2D eigenvalue weighted by Crippen LogP contribution is 2.35. The zero-order chi connectivity index (χ0) is 19.0. The minimum atomic E-state index is -0.0920. The van der Waals surface area contributed by atoms with E-state index >= 15 is 0 Å². The summed E-state index contributed by atoms with van der Waals surface area (Å²) in [5.74, 6) is 0.651. The van der Waals surface area contributed by atoms with Crippen LogP contribution in [0.15, 0.2) is 49.2 Å². The van der Waals surface area contributed by atoms with Crippen LogP contribution in [0.4, 0.5) is 0 Å². The molecule has 0 radical (unpaired) electrons. The molecule has 138 valence electrons. The van der Waals surface area contributed by atoms with Crippen molar-refractivity contribution in [2.75, 3.05) is 13.1 Å². The number of benzene rings is 2. The van der Waals surface area contributed by atoms with Crippen LogP contribution in [-0.4, -0.2) is 45.3 Å². The van der Waals surface area contributed by atoms with Gasteiger partial charge in [0, 0.05) is 13.0 Å². The quantitative estimate of drug-likeness (QED) is 0.672. The number of phenols is 1. The highest BCUT2D eigenvalue weighted by molar-refractivity contribution is 6.32. The number of aromatic amines is 1. The summed E-state index contributed by atoms with van der Waals surface area (Å²) in [6, 6.07) is 8.95. The van der Waals surface area contributed by atoms with Crippen LogP contribution in [0, 0.1) is 0 Å². The molecule has 1 atom stereocenters. The number of nitrogens with one attached hydrogen (secondary N) is 1. The molecule has 1 aliphatic heterocycles. The normalized spacial score (nSPS) is 16.6. The summed E-state index contributed by atoms with van der Waals surface area (Å²) in [6.07, 6.45) is 3.71. The number of carbonyl (C=O) groups excluding carboxylic acids is 1. The third-order valence-corrected chi connectivity index (χ3v) is 5.03. The molecule has 1 amide bonds. The number of fused-ring (bicyclic) bond motifs is 1. The Bertz CT molecular complexity index is 1030. The Hall–Kier alpha value is -2.99. The van der Waals surface area contributed by atoms with Crippen LogP contribution < -0.4 is 4.74 Å². The maximum Gasteiger partial charge on any atom is 0.246 e. The van der Waals surface area contributed by atoms with Gasteiger partial charge in [-0.25, -0.2) is 0 Å². The van der Waals surface area contributed by atoms with E-state index < -0.39 is 0 Å². The average Bonchev–Trinajstić information content (AvgIpc) is 3.32. The van der Waals surface area contributed by atoms with Gasteiger partial charge in [0.15, 0.2) is 0 Å². The third-order valence-electron chi connectivity index (χ3n) is 4.73. The second-order valence-electron chi connectivity index (χ2n) is 6.49. The van der Waals surface area contributed by atoms with Crippen LogP contribution in [-0.2, 0) is 4.79 Å². The average molecular weight is 384 g/mol. The lowest BCUT2D eigenvalue weighted by molar-refractivity contribution is -0.125. The van der Waals surface area contributed by atoms with Crippen LogP contribution in [0.2, 0.25) is 5.02 Å². The summed E-state index contributed by atoms with van der Waals surface area (Å²) in [5.41, 5.74) is 2.58. The van der Waals surface area contributed by atoms with Gasteiger partial charge in [0.2, 0.25) is 5.91 Å². The number of likely N-dealkylation sites (tertiary alicyclic amines) is 1. The summed E-state index contributed by atoms with van der Waals surface area (Å²) in [4.78, 5) is 13.5. The zero-order valence-corrected chi connectivity index (χ0v) is 15.2. The lowest BCUT2D eigenvalue weighted by Crippen LogP contribution is -2.29. The van der Waals surface area contributed by atoms with Crippen molar-refractivity contribution < 1.29 is 14.6 Å². The fourth-order valence-electron chi connectivity index (χ4n) is 3.30. The first kappa shape index (κ1) is 17.4. The van der Waals surface area contributed by atoms with Gasteiger partial charge in [-0.05, 0) is 41.5 Å².